The number of hydrogen-bond donors (Lipinski definition) is 1. The largest absolute Gasteiger partial charge is 0.494 e. The van der Waals surface area contributed by atoms with E-state index in [9.17, 15) is 23.2 Å². The van der Waals surface area contributed by atoms with E-state index >= 15 is 0 Å². The zero-order chi connectivity index (χ0) is 19.2. The lowest BCUT2D eigenvalue weighted by Gasteiger charge is -2.19. The summed E-state index contributed by atoms with van der Waals surface area (Å²) in [6.45, 7) is 2.69. The Morgan fingerprint density at radius 1 is 1.27 bits per heavy atom. The van der Waals surface area contributed by atoms with E-state index < -0.39 is 16.9 Å². The standard InChI is InChI=1S/C17H15F3N2O3S/c1-2-3-10-25-13-7-4-12(5-8-13)6-9-14-11-21-15(26-14)16(23,22-24)17(18,19)20/h4-5,7-8,11,23H,2-3,10H2,1H3. The second-order valence-electron chi connectivity index (χ2n) is 5.27. The molecule has 0 spiro atoms. The first-order chi connectivity index (χ1) is 12.3. The van der Waals surface area contributed by atoms with Gasteiger partial charge in [0.1, 0.15) is 5.75 Å². The van der Waals surface area contributed by atoms with Crippen LogP contribution in [0.15, 0.2) is 35.6 Å². The van der Waals surface area contributed by atoms with Crippen molar-refractivity contribution in [3.63, 3.8) is 0 Å². The van der Waals surface area contributed by atoms with Crippen LogP contribution in [0.4, 0.5) is 13.2 Å². The molecule has 1 atom stereocenters. The molecular weight excluding hydrogens is 369 g/mol. The third-order valence-electron chi connectivity index (χ3n) is 3.28. The Bertz CT molecular complexity index is 809. The summed E-state index contributed by atoms with van der Waals surface area (Å²) in [7, 11) is 0. The highest BCUT2D eigenvalue weighted by Crippen LogP contribution is 2.41. The van der Waals surface area contributed by atoms with Gasteiger partial charge in [-0.1, -0.05) is 19.3 Å². The molecule has 5 nitrogen and oxygen atoms in total. The average molecular weight is 384 g/mol. The van der Waals surface area contributed by atoms with Crippen LogP contribution in [0.5, 0.6) is 5.75 Å². The quantitative estimate of drug-likeness (QED) is 0.460. The zero-order valence-electron chi connectivity index (χ0n) is 13.7. The first kappa shape index (κ1) is 19.9. The molecule has 1 N–H and O–H groups in total. The van der Waals surface area contributed by atoms with Crippen LogP contribution in [0.25, 0.3) is 0 Å². The fourth-order valence-corrected chi connectivity index (χ4v) is 2.62. The molecule has 138 valence electrons. The van der Waals surface area contributed by atoms with E-state index in [2.05, 4.69) is 23.7 Å². The highest BCUT2D eigenvalue weighted by atomic mass is 32.1. The van der Waals surface area contributed by atoms with Crippen molar-refractivity contribution in [1.82, 2.24) is 4.98 Å². The van der Waals surface area contributed by atoms with Crippen molar-refractivity contribution < 1.29 is 23.0 Å². The lowest BCUT2D eigenvalue weighted by atomic mass is 10.2. The molecule has 9 heteroatoms. The highest BCUT2D eigenvalue weighted by molar-refractivity contribution is 7.12. The summed E-state index contributed by atoms with van der Waals surface area (Å²) in [6, 6.07) is 6.93. The fourth-order valence-electron chi connectivity index (χ4n) is 1.81. The van der Waals surface area contributed by atoms with E-state index in [1.54, 1.807) is 29.4 Å². The number of aromatic nitrogens is 1. The van der Waals surface area contributed by atoms with E-state index in [0.717, 1.165) is 19.0 Å². The summed E-state index contributed by atoms with van der Waals surface area (Å²) in [5.41, 5.74) is -3.24. The number of hydrogen-bond acceptors (Lipinski definition) is 6. The molecule has 1 unspecified atom stereocenters. The Hall–Kier alpha value is -2.44. The van der Waals surface area contributed by atoms with Crippen LogP contribution >= 0.6 is 11.3 Å². The molecule has 1 heterocycles. The van der Waals surface area contributed by atoms with Crippen LogP contribution in [0.3, 0.4) is 0 Å². The summed E-state index contributed by atoms with van der Waals surface area (Å²) in [5, 5.41) is 10.4. The Balaban J connectivity index is 2.12. The van der Waals surface area contributed by atoms with Gasteiger partial charge < -0.3 is 9.84 Å². The minimum atomic E-state index is -5.26. The van der Waals surface area contributed by atoms with Gasteiger partial charge in [0.25, 0.3) is 0 Å². The number of aliphatic hydroxyl groups is 1. The molecule has 0 fully saturated rings. The normalized spacial score (nSPS) is 13.4. The number of thiazole rings is 1. The summed E-state index contributed by atoms with van der Waals surface area (Å²) in [5.74, 6) is 6.12. The van der Waals surface area contributed by atoms with Gasteiger partial charge in [-0.2, -0.15) is 13.2 Å². The van der Waals surface area contributed by atoms with Gasteiger partial charge in [-0.25, -0.2) is 4.98 Å². The van der Waals surface area contributed by atoms with Gasteiger partial charge in [0.05, 0.1) is 17.7 Å². The monoisotopic (exact) mass is 384 g/mol. The Morgan fingerprint density at radius 3 is 2.54 bits per heavy atom. The molecule has 0 aliphatic carbocycles. The molecule has 0 saturated heterocycles. The predicted octanol–water partition coefficient (Wildman–Crippen LogP) is 4.20. The maximum absolute atomic E-state index is 12.8. The number of nitrogens with zero attached hydrogens (tertiary/aromatic N) is 2. The Labute approximate surface area is 151 Å². The van der Waals surface area contributed by atoms with Crippen molar-refractivity contribution in [2.75, 3.05) is 6.61 Å². The topological polar surface area (TPSA) is 71.8 Å². The van der Waals surface area contributed by atoms with Gasteiger partial charge in [-0.3, -0.25) is 0 Å². The van der Waals surface area contributed by atoms with E-state index in [0.29, 0.717) is 29.3 Å². The molecule has 0 aliphatic rings. The second kappa shape index (κ2) is 8.29. The van der Waals surface area contributed by atoms with Gasteiger partial charge in [-0.05, 0) is 41.8 Å². The molecule has 26 heavy (non-hydrogen) atoms. The SMILES string of the molecule is CCCCOc1ccc(C#Cc2cnc(C(O)(N=O)C(F)(F)F)s2)cc1. The van der Waals surface area contributed by atoms with Gasteiger partial charge >= 0.3 is 11.9 Å². The number of halogens is 3. The van der Waals surface area contributed by atoms with Crippen LogP contribution in [0.1, 0.15) is 35.2 Å². The molecule has 1 aromatic heterocycles. The number of nitroso groups, excluding NO2 is 1. The molecule has 1 aromatic carbocycles. The number of unbranched alkanes of at least 4 members (excludes halogenated alkanes) is 1. The van der Waals surface area contributed by atoms with Crippen molar-refractivity contribution in [3.8, 4) is 17.6 Å². The summed E-state index contributed by atoms with van der Waals surface area (Å²) in [6.07, 6.45) is -2.22. The maximum Gasteiger partial charge on any atom is 0.449 e. The number of rotatable bonds is 6. The number of benzene rings is 1. The van der Waals surface area contributed by atoms with Crippen LogP contribution in [-0.2, 0) is 5.72 Å². The smallest absolute Gasteiger partial charge is 0.449 e. The lowest BCUT2D eigenvalue weighted by molar-refractivity contribution is -0.263. The van der Waals surface area contributed by atoms with E-state index in [1.165, 1.54) is 0 Å². The number of alkyl halides is 3. The third kappa shape index (κ3) is 4.59. The van der Waals surface area contributed by atoms with Crippen molar-refractivity contribution >= 4 is 11.3 Å². The number of ether oxygens (including phenoxy) is 1. The minimum Gasteiger partial charge on any atom is -0.494 e. The van der Waals surface area contributed by atoms with Crippen molar-refractivity contribution in [2.45, 2.75) is 31.7 Å². The first-order valence-electron chi connectivity index (χ1n) is 7.65. The minimum absolute atomic E-state index is 0.162. The summed E-state index contributed by atoms with van der Waals surface area (Å²) >= 11 is 0.454. The Kier molecular flexibility index (Phi) is 6.34. The molecule has 0 bridgehead atoms. The van der Waals surface area contributed by atoms with Crippen LogP contribution in [0, 0.1) is 16.7 Å². The van der Waals surface area contributed by atoms with E-state index in [1.807, 2.05) is 0 Å². The molecular formula is C17H15F3N2O3S. The van der Waals surface area contributed by atoms with Crippen molar-refractivity contribution in [2.24, 2.45) is 5.18 Å². The molecule has 0 aliphatic heterocycles. The highest BCUT2D eigenvalue weighted by Gasteiger charge is 2.60. The molecule has 0 radical (unpaired) electrons. The third-order valence-corrected chi connectivity index (χ3v) is 4.29. The zero-order valence-corrected chi connectivity index (χ0v) is 14.5. The molecule has 2 rings (SSSR count). The average Bonchev–Trinajstić information content (AvgIpc) is 3.09. The van der Waals surface area contributed by atoms with Crippen molar-refractivity contribution in [1.29, 1.82) is 0 Å². The summed E-state index contributed by atoms with van der Waals surface area (Å²) < 4.78 is 43.8. The first-order valence-corrected chi connectivity index (χ1v) is 8.46. The Morgan fingerprint density at radius 2 is 1.96 bits per heavy atom. The van der Waals surface area contributed by atoms with E-state index in [4.69, 9.17) is 4.74 Å². The van der Waals surface area contributed by atoms with Crippen LogP contribution in [-0.4, -0.2) is 22.9 Å². The van der Waals surface area contributed by atoms with E-state index in [-0.39, 0.29) is 4.88 Å². The maximum atomic E-state index is 12.8. The van der Waals surface area contributed by atoms with Gasteiger partial charge in [0.15, 0.2) is 5.01 Å². The summed E-state index contributed by atoms with van der Waals surface area (Å²) in [4.78, 5) is 14.1. The second-order valence-corrected chi connectivity index (χ2v) is 6.30. The van der Waals surface area contributed by atoms with Crippen LogP contribution < -0.4 is 4.74 Å². The van der Waals surface area contributed by atoms with Gasteiger partial charge in [-0.15, -0.1) is 16.2 Å². The molecule has 2 aromatic rings. The lowest BCUT2D eigenvalue weighted by Crippen LogP contribution is -2.40. The van der Waals surface area contributed by atoms with Gasteiger partial charge in [0, 0.05) is 5.56 Å². The molecule has 0 saturated carbocycles. The predicted molar refractivity (Wildman–Crippen MR) is 90.7 cm³/mol. The van der Waals surface area contributed by atoms with Crippen molar-refractivity contribution in [3.05, 3.63) is 50.8 Å². The fraction of sp³-hybridized carbons (Fsp3) is 0.353. The van der Waals surface area contributed by atoms with Gasteiger partial charge in [0.2, 0.25) is 0 Å². The van der Waals surface area contributed by atoms with Crippen LogP contribution in [0.2, 0.25) is 0 Å². The molecule has 0 amide bonds.